The van der Waals surface area contributed by atoms with Crippen molar-refractivity contribution in [1.82, 2.24) is 5.32 Å². The summed E-state index contributed by atoms with van der Waals surface area (Å²) >= 11 is 6.17. The number of carbonyl (C=O) groups excluding carboxylic acids is 1. The van der Waals surface area contributed by atoms with Gasteiger partial charge in [-0.15, -0.1) is 0 Å². The highest BCUT2D eigenvalue weighted by Gasteiger charge is 2.55. The fraction of sp³-hybridized carbons (Fsp3) is 0.593. The Hall–Kier alpha value is -1.58. The largest absolute Gasteiger partial charge is 0.393 e. The highest BCUT2D eigenvalue weighted by Crippen LogP contribution is 2.61. The second kappa shape index (κ2) is 9.50. The van der Waals surface area contributed by atoms with Crippen molar-refractivity contribution in [1.29, 1.82) is 0 Å². The number of halogens is 1. The first kappa shape index (κ1) is 24.1. The molecule has 2 N–H and O–H groups in total. The smallest absolute Gasteiger partial charge is 0.244 e. The Morgan fingerprint density at radius 3 is 2.71 bits per heavy atom. The quantitative estimate of drug-likeness (QED) is 0.392. The van der Waals surface area contributed by atoms with E-state index in [9.17, 15) is 9.90 Å². The number of nitrogens with one attached hydrogen (secondary N) is 1. The topological polar surface area (TPSA) is 49.3 Å². The molecule has 1 amide bonds. The van der Waals surface area contributed by atoms with Gasteiger partial charge in [0, 0.05) is 17.6 Å². The highest BCUT2D eigenvalue weighted by atomic mass is 35.5. The Bertz CT molecular complexity index is 859. The Kier molecular flexibility index (Phi) is 7.38. The number of fused-ring (bicyclic) bond motifs is 1. The number of amides is 1. The van der Waals surface area contributed by atoms with Crippen molar-refractivity contribution in [3.05, 3.63) is 58.7 Å². The molecule has 170 valence electrons. The third-order valence-corrected chi connectivity index (χ3v) is 8.54. The van der Waals surface area contributed by atoms with E-state index in [0.29, 0.717) is 23.4 Å². The molecule has 3 rings (SSSR count). The summed E-state index contributed by atoms with van der Waals surface area (Å²) in [6.07, 6.45) is 7.47. The number of carbonyl (C=O) groups is 1. The molecule has 2 aliphatic rings. The summed E-state index contributed by atoms with van der Waals surface area (Å²) in [6, 6.07) is 7.56. The van der Waals surface area contributed by atoms with Gasteiger partial charge in [-0.25, -0.2) is 0 Å². The number of aliphatic hydroxyl groups is 1. The maximum Gasteiger partial charge on any atom is 0.244 e. The van der Waals surface area contributed by atoms with E-state index in [0.717, 1.165) is 49.7 Å². The van der Waals surface area contributed by atoms with Crippen LogP contribution in [0.5, 0.6) is 0 Å². The number of rotatable bonds is 6. The van der Waals surface area contributed by atoms with Crippen LogP contribution in [0.4, 0.5) is 0 Å². The summed E-state index contributed by atoms with van der Waals surface area (Å²) in [5.41, 5.74) is 3.47. The lowest BCUT2D eigenvalue weighted by Gasteiger charge is -2.59. The minimum absolute atomic E-state index is 0.0601. The van der Waals surface area contributed by atoms with E-state index >= 15 is 0 Å². The third kappa shape index (κ3) is 5.09. The summed E-state index contributed by atoms with van der Waals surface area (Å²) in [6.45, 7) is 13.8. The normalized spacial score (nSPS) is 30.6. The van der Waals surface area contributed by atoms with Gasteiger partial charge in [0.2, 0.25) is 5.91 Å². The molecule has 0 aliphatic heterocycles. The molecule has 0 spiro atoms. The summed E-state index contributed by atoms with van der Waals surface area (Å²) < 4.78 is 0. The van der Waals surface area contributed by atoms with Crippen LogP contribution in [0.1, 0.15) is 71.8 Å². The molecule has 0 unspecified atom stereocenters. The van der Waals surface area contributed by atoms with E-state index in [2.05, 4.69) is 32.7 Å². The van der Waals surface area contributed by atoms with Crippen LogP contribution >= 0.6 is 11.6 Å². The predicted octanol–water partition coefficient (Wildman–Crippen LogP) is 6.45. The molecule has 0 aromatic heterocycles. The molecule has 0 heterocycles. The molecule has 4 atom stereocenters. The van der Waals surface area contributed by atoms with Crippen LogP contribution in [0.15, 0.2) is 48.1 Å². The van der Waals surface area contributed by atoms with Crippen molar-refractivity contribution in [2.24, 2.45) is 22.7 Å². The van der Waals surface area contributed by atoms with Crippen molar-refractivity contribution in [3.63, 3.8) is 0 Å². The molecule has 0 saturated heterocycles. The van der Waals surface area contributed by atoms with Crippen molar-refractivity contribution in [2.45, 2.75) is 78.9 Å². The fourth-order valence-corrected chi connectivity index (χ4v) is 6.44. The van der Waals surface area contributed by atoms with Gasteiger partial charge in [-0.1, -0.05) is 68.3 Å². The van der Waals surface area contributed by atoms with Crippen LogP contribution in [0.2, 0.25) is 5.02 Å². The predicted molar refractivity (Wildman–Crippen MR) is 129 cm³/mol. The minimum atomic E-state index is -0.221. The van der Waals surface area contributed by atoms with Gasteiger partial charge in [-0.2, -0.15) is 0 Å². The van der Waals surface area contributed by atoms with Crippen LogP contribution in [-0.4, -0.2) is 17.1 Å². The van der Waals surface area contributed by atoms with Crippen LogP contribution in [0.25, 0.3) is 0 Å². The van der Waals surface area contributed by atoms with Crippen LogP contribution in [0.3, 0.4) is 0 Å². The first-order chi connectivity index (χ1) is 14.6. The number of hydrogen-bond donors (Lipinski definition) is 2. The zero-order valence-electron chi connectivity index (χ0n) is 19.5. The van der Waals surface area contributed by atoms with Crippen LogP contribution in [0, 0.1) is 22.7 Å². The van der Waals surface area contributed by atoms with Gasteiger partial charge < -0.3 is 10.4 Å². The molecule has 1 aromatic rings. The van der Waals surface area contributed by atoms with Gasteiger partial charge in [0.1, 0.15) is 0 Å². The van der Waals surface area contributed by atoms with E-state index in [4.69, 9.17) is 11.6 Å². The first-order valence-electron chi connectivity index (χ1n) is 11.6. The lowest BCUT2D eigenvalue weighted by atomic mass is 9.46. The SMILES string of the molecule is C=C1CC[C@@H]2C(C)(C)[C@H](O)CC[C@@]2(C)[C@@H]1CC/C(C)=C/C(=O)NCc1ccccc1Cl. The molecule has 2 aliphatic carbocycles. The summed E-state index contributed by atoms with van der Waals surface area (Å²) in [4.78, 5) is 12.4. The van der Waals surface area contributed by atoms with E-state index in [1.165, 1.54) is 5.57 Å². The molecular weight excluding hydrogens is 406 g/mol. The monoisotopic (exact) mass is 443 g/mol. The van der Waals surface area contributed by atoms with Crippen molar-refractivity contribution < 1.29 is 9.90 Å². The van der Waals surface area contributed by atoms with Gasteiger partial charge >= 0.3 is 0 Å². The Morgan fingerprint density at radius 1 is 1.29 bits per heavy atom. The second-order valence-corrected chi connectivity index (χ2v) is 10.9. The Balaban J connectivity index is 1.61. The van der Waals surface area contributed by atoms with Crippen molar-refractivity contribution in [2.75, 3.05) is 0 Å². The maximum atomic E-state index is 12.4. The van der Waals surface area contributed by atoms with E-state index in [1.807, 2.05) is 31.2 Å². The molecule has 0 bridgehead atoms. The molecule has 1 aromatic carbocycles. The van der Waals surface area contributed by atoms with Gasteiger partial charge in [0.05, 0.1) is 6.10 Å². The van der Waals surface area contributed by atoms with Gasteiger partial charge in [-0.3, -0.25) is 4.79 Å². The number of benzene rings is 1. The highest BCUT2D eigenvalue weighted by molar-refractivity contribution is 6.31. The third-order valence-electron chi connectivity index (χ3n) is 8.17. The van der Waals surface area contributed by atoms with E-state index < -0.39 is 0 Å². The maximum absolute atomic E-state index is 12.4. The second-order valence-electron chi connectivity index (χ2n) is 10.5. The number of hydrogen-bond acceptors (Lipinski definition) is 2. The number of aliphatic hydroxyl groups excluding tert-OH is 1. The lowest BCUT2D eigenvalue weighted by molar-refractivity contribution is -0.124. The zero-order chi connectivity index (χ0) is 22.8. The van der Waals surface area contributed by atoms with Gasteiger partial charge in [-0.05, 0) is 79.7 Å². The van der Waals surface area contributed by atoms with E-state index in [-0.39, 0.29) is 22.8 Å². The molecular formula is C27H38ClNO2. The van der Waals surface area contributed by atoms with E-state index in [1.54, 1.807) is 6.08 Å². The number of allylic oxidation sites excluding steroid dienone is 2. The Morgan fingerprint density at radius 2 is 2.00 bits per heavy atom. The van der Waals surface area contributed by atoms with Crippen molar-refractivity contribution >= 4 is 17.5 Å². The molecule has 3 nitrogen and oxygen atoms in total. The van der Waals surface area contributed by atoms with Crippen LogP contribution in [-0.2, 0) is 11.3 Å². The molecule has 2 fully saturated rings. The summed E-state index contributed by atoms with van der Waals surface area (Å²) in [5, 5.41) is 14.2. The average molecular weight is 444 g/mol. The fourth-order valence-electron chi connectivity index (χ4n) is 6.24. The molecule has 2 saturated carbocycles. The van der Waals surface area contributed by atoms with Gasteiger partial charge in [0.25, 0.3) is 0 Å². The summed E-state index contributed by atoms with van der Waals surface area (Å²) in [7, 11) is 0. The van der Waals surface area contributed by atoms with Gasteiger partial charge in [0.15, 0.2) is 0 Å². The first-order valence-corrected chi connectivity index (χ1v) is 12.0. The standard InChI is InChI=1S/C27H38ClNO2/c1-18(16-25(31)29-17-20-8-6-7-9-22(20)28)10-12-21-19(2)11-13-23-26(3,4)24(30)14-15-27(21,23)5/h6-9,16,21,23-24,30H,2,10-15,17H2,1,3-5H3,(H,29,31)/b18-16+/t21-,23-,24-,27+/m1/s1. The van der Waals surface area contributed by atoms with Crippen molar-refractivity contribution in [3.8, 4) is 0 Å². The summed E-state index contributed by atoms with van der Waals surface area (Å²) in [5.74, 6) is 0.862. The Labute approximate surface area is 193 Å². The molecule has 0 radical (unpaired) electrons. The molecule has 4 heteroatoms. The zero-order valence-corrected chi connectivity index (χ0v) is 20.3. The van der Waals surface area contributed by atoms with Crippen LogP contribution < -0.4 is 5.32 Å². The molecule has 31 heavy (non-hydrogen) atoms. The lowest BCUT2D eigenvalue weighted by Crippen LogP contribution is -2.54. The minimum Gasteiger partial charge on any atom is -0.393 e. The average Bonchev–Trinajstić information content (AvgIpc) is 2.70.